The molecule has 1 rings (SSSR count). The number of carbonyl (C=O) groups is 2. The van der Waals surface area contributed by atoms with Crippen molar-refractivity contribution in [2.75, 3.05) is 0 Å². The first-order valence-corrected chi connectivity index (χ1v) is 3.88. The first-order chi connectivity index (χ1) is 7.25. The predicted molar refractivity (Wildman–Crippen MR) is 40.1 cm³/mol. The minimum absolute atomic E-state index is 0. The zero-order valence-electron chi connectivity index (χ0n) is 9.50. The predicted octanol–water partition coefficient (Wildman–Crippen LogP) is -6.56. The van der Waals surface area contributed by atoms with Crippen LogP contribution in [0.4, 0.5) is 13.2 Å². The molecule has 0 radical (unpaired) electrons. The zero-order valence-corrected chi connectivity index (χ0v) is 15.7. The first-order valence-electron chi connectivity index (χ1n) is 3.88. The summed E-state index contributed by atoms with van der Waals surface area (Å²) in [4.78, 5) is 20.9. The van der Waals surface area contributed by atoms with Crippen molar-refractivity contribution in [2.45, 2.75) is 6.18 Å². The Balaban J connectivity index is 0. The van der Waals surface area contributed by atoms with Gasteiger partial charge in [-0.3, -0.25) is 0 Å². The molecule has 0 amide bonds. The van der Waals surface area contributed by atoms with Crippen molar-refractivity contribution in [3.05, 3.63) is 34.9 Å². The van der Waals surface area contributed by atoms with Gasteiger partial charge in [0.1, 0.15) is 0 Å². The Morgan fingerprint density at radius 1 is 1.00 bits per heavy atom. The van der Waals surface area contributed by atoms with Crippen LogP contribution in [-0.4, -0.2) is 11.9 Å². The van der Waals surface area contributed by atoms with Crippen LogP contribution in [0.1, 0.15) is 26.3 Å². The zero-order chi connectivity index (χ0) is 12.5. The molecule has 0 bridgehead atoms. The van der Waals surface area contributed by atoms with Crippen molar-refractivity contribution in [2.24, 2.45) is 0 Å². The summed E-state index contributed by atoms with van der Waals surface area (Å²) in [6.07, 6.45) is -4.97. The Labute approximate surface area is 185 Å². The van der Waals surface area contributed by atoms with Crippen LogP contribution in [0.15, 0.2) is 18.2 Å². The van der Waals surface area contributed by atoms with Gasteiger partial charge in [-0.15, -0.1) is 0 Å². The molecular formula is C9H3F3K2O4. The number of benzene rings is 1. The van der Waals surface area contributed by atoms with E-state index in [0.29, 0.717) is 12.1 Å². The molecule has 0 atom stereocenters. The number of alkyl halides is 3. The van der Waals surface area contributed by atoms with Gasteiger partial charge in [0.15, 0.2) is 0 Å². The molecule has 0 saturated carbocycles. The number of carboxylic acids is 2. The van der Waals surface area contributed by atoms with Gasteiger partial charge in [-0.25, -0.2) is 0 Å². The van der Waals surface area contributed by atoms with E-state index in [1.165, 1.54) is 0 Å². The van der Waals surface area contributed by atoms with Crippen LogP contribution in [0.2, 0.25) is 0 Å². The molecule has 0 aliphatic carbocycles. The molecule has 0 aliphatic heterocycles. The van der Waals surface area contributed by atoms with E-state index in [9.17, 15) is 33.0 Å². The van der Waals surface area contributed by atoms with Gasteiger partial charge in [0.2, 0.25) is 0 Å². The summed E-state index contributed by atoms with van der Waals surface area (Å²) in [5, 5.41) is 20.9. The quantitative estimate of drug-likeness (QED) is 0.509. The van der Waals surface area contributed by atoms with Gasteiger partial charge in [0.25, 0.3) is 0 Å². The third-order valence-electron chi connectivity index (χ3n) is 1.79. The third kappa shape index (κ3) is 5.31. The van der Waals surface area contributed by atoms with E-state index in [-0.39, 0.29) is 103 Å². The largest absolute Gasteiger partial charge is 1.00 e. The van der Waals surface area contributed by atoms with Gasteiger partial charge >= 0.3 is 109 Å². The van der Waals surface area contributed by atoms with Gasteiger partial charge in [-0.2, -0.15) is 13.2 Å². The molecular weight excluding hydrogens is 307 g/mol. The van der Waals surface area contributed by atoms with Crippen LogP contribution in [0, 0.1) is 0 Å². The number of rotatable bonds is 2. The number of aromatic carboxylic acids is 2. The Bertz CT molecular complexity index is 460. The van der Waals surface area contributed by atoms with Crippen molar-refractivity contribution in [1.82, 2.24) is 0 Å². The van der Waals surface area contributed by atoms with E-state index in [0.717, 1.165) is 6.07 Å². The maximum absolute atomic E-state index is 12.3. The minimum Gasteiger partial charge on any atom is -0.545 e. The molecule has 0 heterocycles. The maximum Gasteiger partial charge on any atom is 1.00 e. The summed E-state index contributed by atoms with van der Waals surface area (Å²) in [5.41, 5.74) is -4.06. The minimum atomic E-state index is -4.97. The van der Waals surface area contributed by atoms with Crippen molar-refractivity contribution < 1.29 is 136 Å². The smallest absolute Gasteiger partial charge is 0.545 e. The van der Waals surface area contributed by atoms with Crippen LogP contribution in [0.3, 0.4) is 0 Å². The van der Waals surface area contributed by atoms with Gasteiger partial charge < -0.3 is 19.8 Å². The van der Waals surface area contributed by atoms with E-state index in [1.807, 2.05) is 0 Å². The van der Waals surface area contributed by atoms with Crippen LogP contribution in [0.5, 0.6) is 0 Å². The molecule has 0 N–H and O–H groups in total. The van der Waals surface area contributed by atoms with Crippen molar-refractivity contribution in [1.29, 1.82) is 0 Å². The molecule has 0 unspecified atom stereocenters. The summed E-state index contributed by atoms with van der Waals surface area (Å²) in [7, 11) is 0. The Morgan fingerprint density at radius 2 is 1.50 bits per heavy atom. The van der Waals surface area contributed by atoms with E-state index < -0.39 is 34.8 Å². The fourth-order valence-electron chi connectivity index (χ4n) is 1.18. The molecule has 9 heteroatoms. The SMILES string of the molecule is O=C([O-])c1cccc(C(F)(F)F)c1C(=O)[O-].[K+].[K+]. The van der Waals surface area contributed by atoms with Crippen LogP contribution in [0.25, 0.3) is 0 Å². The molecule has 0 saturated heterocycles. The number of carbonyl (C=O) groups excluding carboxylic acids is 2. The summed E-state index contributed by atoms with van der Waals surface area (Å²) in [5.74, 6) is -4.22. The molecule has 4 nitrogen and oxygen atoms in total. The molecule has 86 valence electrons. The number of carboxylic acid groups (broad SMARTS) is 2. The second-order valence-electron chi connectivity index (χ2n) is 2.80. The van der Waals surface area contributed by atoms with Gasteiger partial charge in [-0.05, 0) is 6.07 Å². The average Bonchev–Trinajstić information content (AvgIpc) is 2.14. The fourth-order valence-corrected chi connectivity index (χ4v) is 1.18. The van der Waals surface area contributed by atoms with Crippen LogP contribution in [-0.2, 0) is 6.18 Å². The maximum atomic E-state index is 12.3. The molecule has 0 fully saturated rings. The van der Waals surface area contributed by atoms with Gasteiger partial charge in [0.05, 0.1) is 17.5 Å². The summed E-state index contributed by atoms with van der Waals surface area (Å²) < 4.78 is 37.0. The number of hydrogen-bond donors (Lipinski definition) is 0. The van der Waals surface area contributed by atoms with E-state index in [2.05, 4.69) is 0 Å². The molecule has 1 aromatic carbocycles. The monoisotopic (exact) mass is 310 g/mol. The first kappa shape index (κ1) is 21.5. The molecule has 0 aliphatic rings. The fraction of sp³-hybridized carbons (Fsp3) is 0.111. The van der Waals surface area contributed by atoms with Crippen molar-refractivity contribution in [3.63, 3.8) is 0 Å². The second-order valence-corrected chi connectivity index (χ2v) is 2.80. The van der Waals surface area contributed by atoms with Crippen molar-refractivity contribution in [3.8, 4) is 0 Å². The third-order valence-corrected chi connectivity index (χ3v) is 1.79. The van der Waals surface area contributed by atoms with Crippen LogP contribution < -0.4 is 113 Å². The Hall–Kier alpha value is 1.22. The van der Waals surface area contributed by atoms with Crippen LogP contribution >= 0.6 is 0 Å². The molecule has 0 aromatic heterocycles. The standard InChI is InChI=1S/C9H5F3O4.2K/c10-9(11,12)5-3-1-2-4(7(13)14)6(5)8(15)16;;/h1-3H,(H,13,14)(H,15,16);;/q;2*+1/p-2. The number of hydrogen-bond acceptors (Lipinski definition) is 4. The second kappa shape index (κ2) is 8.50. The topological polar surface area (TPSA) is 80.3 Å². The molecule has 0 spiro atoms. The molecule has 18 heavy (non-hydrogen) atoms. The summed E-state index contributed by atoms with van der Waals surface area (Å²) in [6.45, 7) is 0. The Morgan fingerprint density at radius 3 is 1.83 bits per heavy atom. The van der Waals surface area contributed by atoms with Gasteiger partial charge in [0, 0.05) is 11.1 Å². The van der Waals surface area contributed by atoms with Crippen molar-refractivity contribution >= 4 is 11.9 Å². The summed E-state index contributed by atoms with van der Waals surface area (Å²) >= 11 is 0. The van der Waals surface area contributed by atoms with E-state index in [4.69, 9.17) is 0 Å². The number of halogens is 3. The molecule has 1 aromatic rings. The Kier molecular flexibility index (Phi) is 10.2. The van der Waals surface area contributed by atoms with E-state index >= 15 is 0 Å². The van der Waals surface area contributed by atoms with Gasteiger partial charge in [-0.1, -0.05) is 12.1 Å². The summed E-state index contributed by atoms with van der Waals surface area (Å²) in [6, 6.07) is 1.94. The normalized spacial score (nSPS) is 9.94. The average molecular weight is 310 g/mol. The van der Waals surface area contributed by atoms with E-state index in [1.54, 1.807) is 0 Å².